The third kappa shape index (κ3) is 7.24. The molecule has 2 unspecified atom stereocenters. The Morgan fingerprint density at radius 1 is 0.500 bits per heavy atom. The molecule has 7 aliphatic rings. The summed E-state index contributed by atoms with van der Waals surface area (Å²) in [5.74, 6) is 0. The van der Waals surface area contributed by atoms with E-state index in [4.69, 9.17) is 4.42 Å². The molecule has 1 fully saturated rings. The van der Waals surface area contributed by atoms with Crippen LogP contribution in [0.1, 0.15) is 200 Å². The molecule has 0 N–H and O–H groups in total. The monoisotopic (exact) mass is 1130 g/mol. The molecule has 0 radical (unpaired) electrons. The molecule has 9 aromatic rings. The lowest BCUT2D eigenvalue weighted by atomic mass is 9.30. The van der Waals surface area contributed by atoms with Crippen molar-refractivity contribution in [3.63, 3.8) is 0 Å². The van der Waals surface area contributed by atoms with Gasteiger partial charge in [0.1, 0.15) is 5.58 Å². The second-order valence-electron chi connectivity index (χ2n) is 32.1. The first kappa shape index (κ1) is 54.2. The summed E-state index contributed by atoms with van der Waals surface area (Å²) in [6, 6.07) is 59.4. The highest BCUT2D eigenvalue weighted by Gasteiger charge is 2.63. The molecular weight excluding hydrogens is 1040 g/mol. The third-order valence-corrected chi connectivity index (χ3v) is 23.9. The summed E-state index contributed by atoms with van der Waals surface area (Å²) < 4.78 is 7.14. The average Bonchev–Trinajstić information content (AvgIpc) is 1.46. The summed E-state index contributed by atoms with van der Waals surface area (Å²) in [5, 5.41) is 2.25. The number of anilines is 7. The fourth-order valence-electron chi connectivity index (χ4n) is 18.3. The van der Waals surface area contributed by atoms with E-state index in [0.717, 1.165) is 64.7 Å². The molecule has 1 saturated carbocycles. The standard InChI is InChI=1S/C81H86BN3O/c1-74(2,3)51-42-63-71-64(43-51)82-69-66(84(53-34-35-58-60(44-53)76(6,7)39-38-75(58,4)5)70-57-47-61-62(48-59(57)79(12,13)73(70)82)78(10,11)41-40-77(61,8)9)45-54(46-67(69)85(71)81(15)37-22-21-36-80(63,81)14)83(52-32-30-50(31-33-52)49-24-17-16-18-25-49)65-28-23-27-56-55-26-19-20-29-68(55)86-72(56)65/h16-20,23-35,42-48H,21-22,36-41H2,1-15H3. The van der Waals surface area contributed by atoms with Crippen LogP contribution in [0.2, 0.25) is 0 Å². The van der Waals surface area contributed by atoms with E-state index >= 15 is 0 Å². The number of para-hydroxylation sites is 2. The number of hydrogen-bond donors (Lipinski definition) is 0. The quantitative estimate of drug-likeness (QED) is 0.160. The van der Waals surface area contributed by atoms with Crippen molar-refractivity contribution in [1.82, 2.24) is 0 Å². The van der Waals surface area contributed by atoms with Crippen LogP contribution in [-0.2, 0) is 37.9 Å². The van der Waals surface area contributed by atoms with Crippen molar-refractivity contribution < 1.29 is 4.42 Å². The maximum absolute atomic E-state index is 7.14. The summed E-state index contributed by atoms with van der Waals surface area (Å²) in [6.45, 7) is 37.9. The maximum Gasteiger partial charge on any atom is 0.248 e. The van der Waals surface area contributed by atoms with Gasteiger partial charge in [0.25, 0.3) is 0 Å². The van der Waals surface area contributed by atoms with Gasteiger partial charge in [0.05, 0.1) is 16.9 Å². The van der Waals surface area contributed by atoms with Crippen molar-refractivity contribution in [1.29, 1.82) is 0 Å². The predicted molar refractivity (Wildman–Crippen MR) is 366 cm³/mol. The molecule has 3 aliphatic heterocycles. The van der Waals surface area contributed by atoms with Crippen LogP contribution in [0, 0.1) is 0 Å². The van der Waals surface area contributed by atoms with Crippen LogP contribution in [0.15, 0.2) is 162 Å². The summed E-state index contributed by atoms with van der Waals surface area (Å²) >= 11 is 0. The van der Waals surface area contributed by atoms with Crippen LogP contribution in [0.3, 0.4) is 0 Å². The Morgan fingerprint density at radius 3 is 1.83 bits per heavy atom. The summed E-state index contributed by atoms with van der Waals surface area (Å²) in [5.41, 5.74) is 30.1. The van der Waals surface area contributed by atoms with E-state index in [0.29, 0.717) is 0 Å². The van der Waals surface area contributed by atoms with Crippen molar-refractivity contribution >= 4 is 85.1 Å². The number of furan rings is 1. The second kappa shape index (κ2) is 17.5. The first-order chi connectivity index (χ1) is 40.7. The minimum absolute atomic E-state index is 0.00145. The largest absolute Gasteiger partial charge is 0.454 e. The number of nitrogens with zero attached hydrogens (tertiary/aromatic N) is 3. The lowest BCUT2D eigenvalue weighted by Gasteiger charge is -2.53. The van der Waals surface area contributed by atoms with E-state index in [1.165, 1.54) is 115 Å². The molecule has 1 aromatic heterocycles. The molecule has 2 atom stereocenters. The SMILES string of the molecule is CC(C)(C)c1cc2c3c(c1)C1(C)CCCCC1(C)N3c1cc(N(c3ccc(-c4ccccc4)cc3)c3cccc4c3oc3ccccc34)cc3c1B2C1=C(c2cc4c(cc2C1(C)C)C(C)(C)CCC4(C)C)N3c1ccc2c(c1)C(C)(C)CCC2(C)C. The molecule has 8 aromatic carbocycles. The van der Waals surface area contributed by atoms with Gasteiger partial charge in [-0.2, -0.15) is 0 Å². The second-order valence-corrected chi connectivity index (χ2v) is 32.1. The Bertz CT molecular complexity index is 4430. The zero-order chi connectivity index (χ0) is 59.8. The number of allylic oxidation sites excluding steroid dienone is 1. The molecule has 0 amide bonds. The summed E-state index contributed by atoms with van der Waals surface area (Å²) in [6.07, 6.45) is 9.39. The summed E-state index contributed by atoms with van der Waals surface area (Å²) in [4.78, 5) is 8.35. The number of hydrogen-bond acceptors (Lipinski definition) is 4. The minimum atomic E-state index is -0.321. The van der Waals surface area contributed by atoms with Gasteiger partial charge in [0.15, 0.2) is 5.58 Å². The fourth-order valence-corrected chi connectivity index (χ4v) is 18.3. The summed E-state index contributed by atoms with van der Waals surface area (Å²) in [7, 11) is 0. The molecule has 4 nitrogen and oxygen atoms in total. The fraction of sp³-hybridized carbons (Fsp3) is 0.383. The number of fused-ring (bicyclic) bond motifs is 13. The van der Waals surface area contributed by atoms with Gasteiger partial charge in [0, 0.05) is 61.3 Å². The molecule has 434 valence electrons. The van der Waals surface area contributed by atoms with Crippen LogP contribution >= 0.6 is 0 Å². The van der Waals surface area contributed by atoms with E-state index in [9.17, 15) is 0 Å². The molecule has 0 bridgehead atoms. The Kier molecular flexibility index (Phi) is 11.0. The molecule has 4 aliphatic carbocycles. The number of benzene rings is 8. The highest BCUT2D eigenvalue weighted by molar-refractivity contribution is 6.96. The van der Waals surface area contributed by atoms with Gasteiger partial charge in [-0.15, -0.1) is 0 Å². The highest BCUT2D eigenvalue weighted by Crippen LogP contribution is 2.66. The van der Waals surface area contributed by atoms with E-state index in [2.05, 4.69) is 270 Å². The molecule has 0 saturated heterocycles. The molecule has 5 heteroatoms. The van der Waals surface area contributed by atoms with Gasteiger partial charge < -0.3 is 19.1 Å². The first-order valence-corrected chi connectivity index (χ1v) is 32.7. The molecule has 0 spiro atoms. The van der Waals surface area contributed by atoms with Crippen molar-refractivity contribution in [2.24, 2.45) is 0 Å². The van der Waals surface area contributed by atoms with Crippen LogP contribution in [0.25, 0.3) is 38.8 Å². The molecule has 16 rings (SSSR count). The Morgan fingerprint density at radius 2 is 1.12 bits per heavy atom. The lowest BCUT2D eigenvalue weighted by molar-refractivity contribution is 0.195. The van der Waals surface area contributed by atoms with Crippen LogP contribution in [-0.4, -0.2) is 12.3 Å². The lowest BCUT2D eigenvalue weighted by Crippen LogP contribution is -2.62. The Balaban J connectivity index is 1.07. The van der Waals surface area contributed by atoms with E-state index in [-0.39, 0.29) is 50.2 Å². The zero-order valence-electron chi connectivity index (χ0n) is 53.9. The van der Waals surface area contributed by atoms with Crippen molar-refractivity contribution in [2.75, 3.05) is 14.7 Å². The highest BCUT2D eigenvalue weighted by atomic mass is 16.3. The Hall–Kier alpha value is -7.24. The van der Waals surface area contributed by atoms with Crippen LogP contribution in [0.4, 0.5) is 39.8 Å². The predicted octanol–water partition coefficient (Wildman–Crippen LogP) is 20.8. The van der Waals surface area contributed by atoms with E-state index in [1.54, 1.807) is 11.0 Å². The normalized spacial score (nSPS) is 22.9. The molecule has 4 heterocycles. The Labute approximate surface area is 512 Å². The minimum Gasteiger partial charge on any atom is -0.454 e. The number of rotatable bonds is 5. The van der Waals surface area contributed by atoms with E-state index < -0.39 is 0 Å². The van der Waals surface area contributed by atoms with Crippen molar-refractivity contribution in [3.05, 3.63) is 202 Å². The van der Waals surface area contributed by atoms with Gasteiger partial charge >= 0.3 is 0 Å². The van der Waals surface area contributed by atoms with Crippen molar-refractivity contribution in [3.8, 4) is 11.1 Å². The smallest absolute Gasteiger partial charge is 0.248 e. The van der Waals surface area contributed by atoms with E-state index in [1.807, 2.05) is 0 Å². The third-order valence-electron chi connectivity index (χ3n) is 23.9. The van der Waals surface area contributed by atoms with Gasteiger partial charge in [-0.05, 0) is 188 Å². The van der Waals surface area contributed by atoms with Gasteiger partial charge in [-0.25, -0.2) is 0 Å². The average molecular weight is 1130 g/mol. The molecular formula is C81H86BN3O. The first-order valence-electron chi connectivity index (χ1n) is 32.7. The van der Waals surface area contributed by atoms with Crippen LogP contribution < -0.4 is 25.6 Å². The van der Waals surface area contributed by atoms with Gasteiger partial charge in [0.2, 0.25) is 6.71 Å². The topological polar surface area (TPSA) is 22.9 Å². The van der Waals surface area contributed by atoms with Crippen molar-refractivity contribution in [2.45, 2.75) is 199 Å². The van der Waals surface area contributed by atoms with Crippen LogP contribution in [0.5, 0.6) is 0 Å². The zero-order valence-corrected chi connectivity index (χ0v) is 53.9. The molecule has 86 heavy (non-hydrogen) atoms. The maximum atomic E-state index is 7.14. The van der Waals surface area contributed by atoms with Gasteiger partial charge in [-0.3, -0.25) is 0 Å². The van der Waals surface area contributed by atoms with Gasteiger partial charge in [-0.1, -0.05) is 212 Å².